The van der Waals surface area contributed by atoms with Crippen LogP contribution in [0.4, 0.5) is 0 Å². The summed E-state index contributed by atoms with van der Waals surface area (Å²) >= 11 is 1.57. The number of carbonyl (C=O) groups excluding carboxylic acids is 2. The van der Waals surface area contributed by atoms with Crippen molar-refractivity contribution in [2.24, 2.45) is 0 Å². The summed E-state index contributed by atoms with van der Waals surface area (Å²) in [4.78, 5) is 23.4. The minimum absolute atomic E-state index is 0.0451. The summed E-state index contributed by atoms with van der Waals surface area (Å²) in [7, 11) is 0. The molecule has 22 heavy (non-hydrogen) atoms. The van der Waals surface area contributed by atoms with Crippen LogP contribution in [0.15, 0.2) is 47.6 Å². The molecule has 0 aromatic heterocycles. The quantitative estimate of drug-likeness (QED) is 0.777. The molecule has 1 aromatic carbocycles. The summed E-state index contributed by atoms with van der Waals surface area (Å²) < 4.78 is 15.8. The van der Waals surface area contributed by atoms with Crippen LogP contribution in [0.2, 0.25) is 0 Å². The largest absolute Gasteiger partial charge is 0.491 e. The molecular formula is C16H18O5S. The molecule has 0 saturated carbocycles. The van der Waals surface area contributed by atoms with Crippen molar-refractivity contribution in [3.8, 4) is 0 Å². The Labute approximate surface area is 133 Å². The van der Waals surface area contributed by atoms with E-state index in [1.807, 2.05) is 36.4 Å². The van der Waals surface area contributed by atoms with Crippen molar-refractivity contribution in [3.05, 3.63) is 42.7 Å². The fourth-order valence-corrected chi connectivity index (χ4v) is 3.19. The van der Waals surface area contributed by atoms with Crippen LogP contribution in [0.1, 0.15) is 13.8 Å². The highest BCUT2D eigenvalue weighted by Crippen LogP contribution is 2.32. The van der Waals surface area contributed by atoms with Crippen LogP contribution in [0.5, 0.6) is 0 Å². The second-order valence-corrected chi connectivity index (χ2v) is 6.03. The molecule has 1 aromatic rings. The van der Waals surface area contributed by atoms with E-state index in [2.05, 4.69) is 0 Å². The van der Waals surface area contributed by atoms with Gasteiger partial charge in [-0.25, -0.2) is 0 Å². The van der Waals surface area contributed by atoms with Crippen molar-refractivity contribution in [2.45, 2.75) is 36.2 Å². The van der Waals surface area contributed by atoms with Gasteiger partial charge < -0.3 is 14.2 Å². The molecule has 0 spiro atoms. The van der Waals surface area contributed by atoms with Crippen LogP contribution in [0, 0.1) is 0 Å². The Morgan fingerprint density at radius 1 is 1.18 bits per heavy atom. The standard InChI is InChI=1S/C16H18O5S/c1-11(17)20-10-14-16(21-12(2)18)15(8-9-19-14)22-13-6-4-3-5-7-13/h3-9,14-16H,10H2,1-2H3/t14-,15+,16-/m1/s1. The number of rotatable bonds is 5. The van der Waals surface area contributed by atoms with E-state index in [1.54, 1.807) is 18.0 Å². The highest BCUT2D eigenvalue weighted by atomic mass is 32.2. The number of ether oxygens (including phenoxy) is 3. The predicted molar refractivity (Wildman–Crippen MR) is 82.3 cm³/mol. The second-order valence-electron chi connectivity index (χ2n) is 4.78. The zero-order valence-electron chi connectivity index (χ0n) is 12.4. The molecule has 5 nitrogen and oxygen atoms in total. The summed E-state index contributed by atoms with van der Waals surface area (Å²) in [5.74, 6) is -0.789. The first-order valence-electron chi connectivity index (χ1n) is 6.90. The molecule has 0 amide bonds. The van der Waals surface area contributed by atoms with E-state index in [1.165, 1.54) is 13.8 Å². The molecule has 1 heterocycles. The number of carbonyl (C=O) groups is 2. The zero-order chi connectivity index (χ0) is 15.9. The van der Waals surface area contributed by atoms with Crippen LogP contribution in [0.3, 0.4) is 0 Å². The van der Waals surface area contributed by atoms with Gasteiger partial charge in [0.15, 0.2) is 12.2 Å². The van der Waals surface area contributed by atoms with Gasteiger partial charge in [-0.1, -0.05) is 18.2 Å². The van der Waals surface area contributed by atoms with Crippen molar-refractivity contribution in [2.75, 3.05) is 6.61 Å². The Hall–Kier alpha value is -1.95. The van der Waals surface area contributed by atoms with Crippen LogP contribution < -0.4 is 0 Å². The van der Waals surface area contributed by atoms with Crippen molar-refractivity contribution in [3.63, 3.8) is 0 Å². The Kier molecular flexibility index (Phi) is 5.89. The van der Waals surface area contributed by atoms with E-state index >= 15 is 0 Å². The van der Waals surface area contributed by atoms with Gasteiger partial charge in [-0.15, -0.1) is 11.8 Å². The van der Waals surface area contributed by atoms with E-state index in [0.29, 0.717) is 0 Å². The SMILES string of the molecule is CC(=O)OC[C@H]1OC=C[C@H](Sc2ccccc2)[C@@H]1OC(C)=O. The molecule has 0 aliphatic carbocycles. The average Bonchev–Trinajstić information content (AvgIpc) is 2.48. The molecule has 1 aliphatic heterocycles. The smallest absolute Gasteiger partial charge is 0.303 e. The van der Waals surface area contributed by atoms with E-state index in [-0.39, 0.29) is 11.9 Å². The minimum atomic E-state index is -0.521. The molecule has 1 aliphatic rings. The molecule has 0 unspecified atom stereocenters. The maximum Gasteiger partial charge on any atom is 0.303 e. The number of esters is 2. The van der Waals surface area contributed by atoms with Crippen LogP contribution in [0.25, 0.3) is 0 Å². The maximum absolute atomic E-state index is 11.4. The molecule has 0 radical (unpaired) electrons. The minimum Gasteiger partial charge on any atom is -0.491 e. The zero-order valence-corrected chi connectivity index (χ0v) is 13.2. The third-order valence-corrected chi connectivity index (χ3v) is 4.22. The van der Waals surface area contributed by atoms with Gasteiger partial charge in [0.05, 0.1) is 11.5 Å². The van der Waals surface area contributed by atoms with E-state index in [0.717, 1.165) is 4.90 Å². The Bertz CT molecular complexity index is 543. The first-order chi connectivity index (χ1) is 10.6. The summed E-state index contributed by atoms with van der Waals surface area (Å²) in [6, 6.07) is 9.81. The van der Waals surface area contributed by atoms with E-state index < -0.39 is 24.1 Å². The molecule has 0 saturated heterocycles. The average molecular weight is 322 g/mol. The van der Waals surface area contributed by atoms with E-state index in [4.69, 9.17) is 14.2 Å². The van der Waals surface area contributed by atoms with Gasteiger partial charge in [0, 0.05) is 18.7 Å². The Balaban J connectivity index is 2.11. The lowest BCUT2D eigenvalue weighted by molar-refractivity contribution is -0.159. The number of benzene rings is 1. The van der Waals surface area contributed by atoms with Crippen molar-refractivity contribution < 1.29 is 23.8 Å². The molecule has 0 fully saturated rings. The fourth-order valence-electron chi connectivity index (χ4n) is 2.05. The fraction of sp³-hybridized carbons (Fsp3) is 0.375. The van der Waals surface area contributed by atoms with Crippen molar-refractivity contribution >= 4 is 23.7 Å². The van der Waals surface area contributed by atoms with Crippen LogP contribution in [-0.2, 0) is 23.8 Å². The number of hydrogen-bond donors (Lipinski definition) is 0. The highest BCUT2D eigenvalue weighted by molar-refractivity contribution is 8.00. The van der Waals surface area contributed by atoms with Gasteiger partial charge in [0.2, 0.25) is 0 Å². The number of thioether (sulfide) groups is 1. The predicted octanol–water partition coefficient (Wildman–Crippen LogP) is 2.55. The van der Waals surface area contributed by atoms with Crippen molar-refractivity contribution in [1.29, 1.82) is 0 Å². The van der Waals surface area contributed by atoms with Gasteiger partial charge in [-0.05, 0) is 18.2 Å². The van der Waals surface area contributed by atoms with Gasteiger partial charge in [0.1, 0.15) is 6.61 Å². The Morgan fingerprint density at radius 2 is 1.91 bits per heavy atom. The molecule has 6 heteroatoms. The summed E-state index contributed by atoms with van der Waals surface area (Å²) in [5.41, 5.74) is 0. The Morgan fingerprint density at radius 3 is 2.55 bits per heavy atom. The second kappa shape index (κ2) is 7.89. The lowest BCUT2D eigenvalue weighted by atomic mass is 10.1. The van der Waals surface area contributed by atoms with E-state index in [9.17, 15) is 9.59 Å². The number of hydrogen-bond acceptors (Lipinski definition) is 6. The van der Waals surface area contributed by atoms with Crippen LogP contribution >= 0.6 is 11.8 Å². The van der Waals surface area contributed by atoms with Gasteiger partial charge in [0.25, 0.3) is 0 Å². The van der Waals surface area contributed by atoms with Crippen molar-refractivity contribution in [1.82, 2.24) is 0 Å². The first kappa shape index (κ1) is 16.4. The molecule has 0 N–H and O–H groups in total. The first-order valence-corrected chi connectivity index (χ1v) is 7.78. The van der Waals surface area contributed by atoms with Gasteiger partial charge in [-0.3, -0.25) is 9.59 Å². The topological polar surface area (TPSA) is 61.8 Å². The molecule has 3 atom stereocenters. The lowest BCUT2D eigenvalue weighted by Crippen LogP contribution is -2.44. The molecule has 0 bridgehead atoms. The third kappa shape index (κ3) is 4.80. The third-order valence-electron chi connectivity index (χ3n) is 2.98. The van der Waals surface area contributed by atoms with Crippen LogP contribution in [-0.4, -0.2) is 36.0 Å². The van der Waals surface area contributed by atoms with Gasteiger partial charge >= 0.3 is 11.9 Å². The molecular weight excluding hydrogens is 304 g/mol. The highest BCUT2D eigenvalue weighted by Gasteiger charge is 2.36. The molecule has 118 valence electrons. The summed E-state index contributed by atoms with van der Waals surface area (Å²) in [5, 5.41) is -0.111. The summed E-state index contributed by atoms with van der Waals surface area (Å²) in [6.45, 7) is 2.73. The monoisotopic (exact) mass is 322 g/mol. The summed E-state index contributed by atoms with van der Waals surface area (Å²) in [6.07, 6.45) is 2.37. The molecule has 2 rings (SSSR count). The maximum atomic E-state index is 11.4. The normalized spacial score (nSPS) is 23.5. The lowest BCUT2D eigenvalue weighted by Gasteiger charge is -2.33. The van der Waals surface area contributed by atoms with Gasteiger partial charge in [-0.2, -0.15) is 0 Å².